The first kappa shape index (κ1) is 21.1. The maximum atomic E-state index is 12.9. The first-order chi connectivity index (χ1) is 12.5. The molecule has 6 nitrogen and oxygen atoms in total. The van der Waals surface area contributed by atoms with Gasteiger partial charge in [0.2, 0.25) is 5.91 Å². The van der Waals surface area contributed by atoms with Crippen LogP contribution in [0.5, 0.6) is 0 Å². The summed E-state index contributed by atoms with van der Waals surface area (Å²) in [7, 11) is -7.43. The van der Waals surface area contributed by atoms with Gasteiger partial charge in [0, 0.05) is 12.8 Å². The topological polar surface area (TPSA) is 97.4 Å². The average Bonchev–Trinajstić information content (AvgIpc) is 2.61. The number of sulfone groups is 2. The van der Waals surface area contributed by atoms with Crippen molar-refractivity contribution in [3.63, 3.8) is 0 Å². The standard InChI is InChI=1S/C19H23NO5S2/c1-19(2,18(21)20-14-13-15-7-5-4-6-8-15)27(24,25)17-11-9-16(10-12-17)26(3,22)23/h4-12H,13-14H2,1-3H3,(H,20,21). The third kappa shape index (κ3) is 4.75. The minimum atomic E-state index is -4.00. The third-order valence-corrected chi connectivity index (χ3v) is 7.87. The molecule has 0 radical (unpaired) electrons. The highest BCUT2D eigenvalue weighted by Crippen LogP contribution is 2.26. The molecule has 0 aliphatic heterocycles. The number of carbonyl (C=O) groups is 1. The maximum Gasteiger partial charge on any atom is 0.241 e. The Balaban J connectivity index is 2.14. The zero-order valence-corrected chi connectivity index (χ0v) is 17.1. The monoisotopic (exact) mass is 409 g/mol. The van der Waals surface area contributed by atoms with Gasteiger partial charge in [0.15, 0.2) is 19.7 Å². The lowest BCUT2D eigenvalue weighted by molar-refractivity contribution is -0.122. The molecule has 0 heterocycles. The highest BCUT2D eigenvalue weighted by molar-refractivity contribution is 7.93. The van der Waals surface area contributed by atoms with Crippen LogP contribution in [0, 0.1) is 0 Å². The normalized spacial score (nSPS) is 12.6. The van der Waals surface area contributed by atoms with Crippen LogP contribution in [0.2, 0.25) is 0 Å². The molecule has 0 saturated carbocycles. The van der Waals surface area contributed by atoms with E-state index in [4.69, 9.17) is 0 Å². The van der Waals surface area contributed by atoms with Crippen molar-refractivity contribution in [1.29, 1.82) is 0 Å². The summed E-state index contributed by atoms with van der Waals surface area (Å²) < 4.78 is 47.1. The molecule has 0 atom stereocenters. The first-order valence-electron chi connectivity index (χ1n) is 8.33. The molecule has 0 aliphatic carbocycles. The van der Waals surface area contributed by atoms with Gasteiger partial charge in [0.05, 0.1) is 9.79 Å². The molecule has 0 saturated heterocycles. The Morgan fingerprint density at radius 1 is 0.889 bits per heavy atom. The summed E-state index contributed by atoms with van der Waals surface area (Å²) >= 11 is 0. The number of amides is 1. The van der Waals surface area contributed by atoms with Gasteiger partial charge >= 0.3 is 0 Å². The molecule has 27 heavy (non-hydrogen) atoms. The van der Waals surface area contributed by atoms with Crippen molar-refractivity contribution >= 4 is 25.6 Å². The van der Waals surface area contributed by atoms with Gasteiger partial charge < -0.3 is 5.32 Å². The molecular formula is C19H23NO5S2. The van der Waals surface area contributed by atoms with E-state index in [1.807, 2.05) is 30.3 Å². The predicted molar refractivity (Wildman–Crippen MR) is 104 cm³/mol. The van der Waals surface area contributed by atoms with Crippen molar-refractivity contribution in [3.05, 3.63) is 60.2 Å². The van der Waals surface area contributed by atoms with E-state index in [-0.39, 0.29) is 9.79 Å². The third-order valence-electron chi connectivity index (χ3n) is 4.32. The second-order valence-corrected chi connectivity index (χ2v) is 11.3. The van der Waals surface area contributed by atoms with Gasteiger partial charge in [-0.25, -0.2) is 16.8 Å². The molecule has 146 valence electrons. The van der Waals surface area contributed by atoms with E-state index < -0.39 is 30.3 Å². The van der Waals surface area contributed by atoms with Gasteiger partial charge in [-0.3, -0.25) is 4.79 Å². The fourth-order valence-corrected chi connectivity index (χ4v) is 4.49. The summed E-state index contributed by atoms with van der Waals surface area (Å²) in [6.07, 6.45) is 1.63. The molecule has 2 aromatic carbocycles. The van der Waals surface area contributed by atoms with E-state index >= 15 is 0 Å². The van der Waals surface area contributed by atoms with Crippen molar-refractivity contribution in [2.45, 2.75) is 34.8 Å². The highest BCUT2D eigenvalue weighted by Gasteiger charge is 2.42. The number of hydrogen-bond donors (Lipinski definition) is 1. The smallest absolute Gasteiger partial charge is 0.241 e. The first-order valence-corrected chi connectivity index (χ1v) is 11.7. The van der Waals surface area contributed by atoms with Gasteiger partial charge in [0.1, 0.15) is 4.75 Å². The van der Waals surface area contributed by atoms with E-state index in [1.54, 1.807) is 0 Å². The number of hydrogen-bond acceptors (Lipinski definition) is 5. The summed E-state index contributed by atoms with van der Waals surface area (Å²) in [6.45, 7) is 2.99. The van der Waals surface area contributed by atoms with Crippen LogP contribution in [0.4, 0.5) is 0 Å². The Labute approximate surface area is 160 Å². The largest absolute Gasteiger partial charge is 0.354 e. The van der Waals surface area contributed by atoms with Gasteiger partial charge in [-0.05, 0) is 50.1 Å². The molecule has 0 aromatic heterocycles. The highest BCUT2D eigenvalue weighted by atomic mass is 32.2. The van der Waals surface area contributed by atoms with Crippen molar-refractivity contribution in [3.8, 4) is 0 Å². The maximum absolute atomic E-state index is 12.9. The van der Waals surface area contributed by atoms with Crippen molar-refractivity contribution in [2.24, 2.45) is 0 Å². The summed E-state index contributed by atoms with van der Waals surface area (Å²) in [4.78, 5) is 12.4. The second kappa shape index (κ2) is 7.82. The van der Waals surface area contributed by atoms with E-state index in [2.05, 4.69) is 5.32 Å². The molecule has 1 N–H and O–H groups in total. The van der Waals surface area contributed by atoms with Crippen LogP contribution in [-0.2, 0) is 30.9 Å². The van der Waals surface area contributed by atoms with Crippen LogP contribution in [0.25, 0.3) is 0 Å². The Morgan fingerprint density at radius 2 is 1.41 bits per heavy atom. The Bertz CT molecular complexity index is 1010. The molecule has 0 fully saturated rings. The van der Waals surface area contributed by atoms with Gasteiger partial charge in [-0.2, -0.15) is 0 Å². The van der Waals surface area contributed by atoms with E-state index in [9.17, 15) is 21.6 Å². The fraction of sp³-hybridized carbons (Fsp3) is 0.316. The number of benzene rings is 2. The zero-order valence-electron chi connectivity index (χ0n) is 15.5. The minimum Gasteiger partial charge on any atom is -0.354 e. The fourth-order valence-electron chi connectivity index (χ4n) is 2.46. The van der Waals surface area contributed by atoms with Crippen LogP contribution in [0.15, 0.2) is 64.4 Å². The summed E-state index contributed by atoms with van der Waals surface area (Å²) in [6, 6.07) is 14.4. The Hall–Kier alpha value is -2.19. The van der Waals surface area contributed by atoms with Gasteiger partial charge in [-0.15, -0.1) is 0 Å². The molecule has 0 spiro atoms. The molecule has 0 unspecified atom stereocenters. The number of carbonyl (C=O) groups excluding carboxylic acids is 1. The molecular weight excluding hydrogens is 386 g/mol. The summed E-state index contributed by atoms with van der Waals surface area (Å²) in [5.74, 6) is -0.606. The lowest BCUT2D eigenvalue weighted by Crippen LogP contribution is -2.48. The zero-order chi connectivity index (χ0) is 20.3. The van der Waals surface area contributed by atoms with Crippen LogP contribution in [0.1, 0.15) is 19.4 Å². The summed E-state index contributed by atoms with van der Waals surface area (Å²) in [5.41, 5.74) is 1.04. The lowest BCUT2D eigenvalue weighted by Gasteiger charge is -2.24. The van der Waals surface area contributed by atoms with Crippen molar-refractivity contribution in [2.75, 3.05) is 12.8 Å². The molecule has 0 bridgehead atoms. The quantitative estimate of drug-likeness (QED) is 0.754. The molecule has 8 heteroatoms. The van der Waals surface area contributed by atoms with Crippen LogP contribution in [-0.4, -0.2) is 40.3 Å². The van der Waals surface area contributed by atoms with E-state index in [0.717, 1.165) is 11.8 Å². The Morgan fingerprint density at radius 3 is 1.93 bits per heavy atom. The van der Waals surface area contributed by atoms with Gasteiger partial charge in [-0.1, -0.05) is 30.3 Å². The van der Waals surface area contributed by atoms with Gasteiger partial charge in [0.25, 0.3) is 0 Å². The lowest BCUT2D eigenvalue weighted by atomic mass is 10.1. The van der Waals surface area contributed by atoms with E-state index in [1.165, 1.54) is 38.1 Å². The molecule has 2 aromatic rings. The SMILES string of the molecule is CC(C)(C(=O)NCCc1ccccc1)S(=O)(=O)c1ccc(S(C)(=O)=O)cc1. The van der Waals surface area contributed by atoms with Crippen LogP contribution in [0.3, 0.4) is 0 Å². The molecule has 2 rings (SSSR count). The molecule has 0 aliphatic rings. The molecule has 1 amide bonds. The predicted octanol–water partition coefficient (Wildman–Crippen LogP) is 2.00. The summed E-state index contributed by atoms with van der Waals surface area (Å²) in [5, 5.41) is 2.67. The number of rotatable bonds is 7. The average molecular weight is 410 g/mol. The van der Waals surface area contributed by atoms with E-state index in [0.29, 0.717) is 13.0 Å². The number of nitrogens with one attached hydrogen (secondary N) is 1. The minimum absolute atomic E-state index is 0.0200. The van der Waals surface area contributed by atoms with Crippen molar-refractivity contribution < 1.29 is 21.6 Å². The van der Waals surface area contributed by atoms with Crippen LogP contribution < -0.4 is 5.32 Å². The second-order valence-electron chi connectivity index (χ2n) is 6.75. The van der Waals surface area contributed by atoms with Crippen LogP contribution >= 0.6 is 0 Å². The Kier molecular flexibility index (Phi) is 6.11. The van der Waals surface area contributed by atoms with Crippen molar-refractivity contribution in [1.82, 2.24) is 5.32 Å².